The fraction of sp³-hybridized carbons (Fsp3) is 0.381. The summed E-state index contributed by atoms with van der Waals surface area (Å²) in [5.41, 5.74) is 1.64. The Balaban J connectivity index is 1.60. The number of hydrogen-bond acceptors (Lipinski definition) is 6. The first kappa shape index (κ1) is 19.6. The molecule has 7 nitrogen and oxygen atoms in total. The molecular weight excluding hydrogens is 390 g/mol. The average Bonchev–Trinajstić information content (AvgIpc) is 3.13. The number of benzene rings is 1. The van der Waals surface area contributed by atoms with Crippen molar-refractivity contribution < 1.29 is 14.3 Å². The molecule has 0 saturated carbocycles. The maximum atomic E-state index is 13.0. The molecule has 0 unspecified atom stereocenters. The summed E-state index contributed by atoms with van der Waals surface area (Å²) < 4.78 is 12.0. The normalized spacial score (nSPS) is 13.5. The number of rotatable bonds is 6. The molecule has 0 bridgehead atoms. The van der Waals surface area contributed by atoms with Gasteiger partial charge in [-0.05, 0) is 36.6 Å². The summed E-state index contributed by atoms with van der Waals surface area (Å²) >= 11 is 1.51. The number of aryl methyl sites for hydroxylation is 1. The smallest absolute Gasteiger partial charge is 0.262 e. The summed E-state index contributed by atoms with van der Waals surface area (Å²) in [6, 6.07) is 7.19. The van der Waals surface area contributed by atoms with Crippen LogP contribution in [0.25, 0.3) is 10.2 Å². The van der Waals surface area contributed by atoms with Gasteiger partial charge in [-0.15, -0.1) is 11.3 Å². The second-order valence-corrected chi connectivity index (χ2v) is 8.07. The minimum Gasteiger partial charge on any atom is -0.497 e. The fourth-order valence-electron chi connectivity index (χ4n) is 3.67. The van der Waals surface area contributed by atoms with Crippen LogP contribution in [0.2, 0.25) is 0 Å². The highest BCUT2D eigenvalue weighted by Gasteiger charge is 2.27. The van der Waals surface area contributed by atoms with Crippen LogP contribution in [0.3, 0.4) is 0 Å². The molecule has 0 radical (unpaired) electrons. The van der Waals surface area contributed by atoms with Crippen LogP contribution in [-0.4, -0.2) is 47.7 Å². The zero-order valence-corrected chi connectivity index (χ0v) is 17.3. The van der Waals surface area contributed by atoms with E-state index in [9.17, 15) is 9.59 Å². The molecule has 3 heterocycles. The van der Waals surface area contributed by atoms with Crippen LogP contribution >= 0.6 is 11.3 Å². The van der Waals surface area contributed by atoms with Gasteiger partial charge < -0.3 is 14.4 Å². The number of aromatic nitrogens is 2. The van der Waals surface area contributed by atoms with Crippen LogP contribution in [0, 0.1) is 0 Å². The third-order valence-corrected chi connectivity index (χ3v) is 6.30. The molecule has 0 saturated heterocycles. The monoisotopic (exact) mass is 413 g/mol. The number of hydrogen-bond donors (Lipinski definition) is 0. The Morgan fingerprint density at radius 1 is 1.31 bits per heavy atom. The third kappa shape index (κ3) is 3.77. The minimum absolute atomic E-state index is 0.00354. The molecule has 2 aromatic heterocycles. The van der Waals surface area contributed by atoms with E-state index >= 15 is 0 Å². The van der Waals surface area contributed by atoms with Crippen molar-refractivity contribution in [3.8, 4) is 5.75 Å². The molecule has 1 amide bonds. The summed E-state index contributed by atoms with van der Waals surface area (Å²) in [5, 5.41) is 0.707. The van der Waals surface area contributed by atoms with Gasteiger partial charge in [0.25, 0.3) is 11.5 Å². The van der Waals surface area contributed by atoms with Crippen LogP contribution in [0.15, 0.2) is 35.4 Å². The molecule has 0 aliphatic carbocycles. The Morgan fingerprint density at radius 2 is 2.17 bits per heavy atom. The van der Waals surface area contributed by atoms with Crippen LogP contribution in [-0.2, 0) is 24.2 Å². The zero-order valence-electron chi connectivity index (χ0n) is 16.5. The van der Waals surface area contributed by atoms with E-state index < -0.39 is 0 Å². The van der Waals surface area contributed by atoms with E-state index in [1.807, 2.05) is 17.0 Å². The number of nitrogens with zero attached hydrogens (tertiary/aromatic N) is 3. The van der Waals surface area contributed by atoms with Crippen molar-refractivity contribution in [3.05, 3.63) is 57.0 Å². The standard InChI is InChI=1S/C21H23N3O4S/c1-27-10-4-8-24-13-22-19-18(21(24)26)16-7-9-23(12-17(16)29-19)20(25)14-5-3-6-15(11-14)28-2/h3,5-6,11,13H,4,7-10,12H2,1-2H3. The van der Waals surface area contributed by atoms with E-state index in [1.165, 1.54) is 11.3 Å². The fourth-order valence-corrected chi connectivity index (χ4v) is 4.86. The van der Waals surface area contributed by atoms with Crippen LogP contribution in [0.5, 0.6) is 5.75 Å². The van der Waals surface area contributed by atoms with Crippen molar-refractivity contribution in [1.29, 1.82) is 0 Å². The second kappa shape index (κ2) is 8.34. The number of carbonyl (C=O) groups is 1. The van der Waals surface area contributed by atoms with Gasteiger partial charge in [0.1, 0.15) is 10.6 Å². The molecule has 0 atom stereocenters. The van der Waals surface area contributed by atoms with Crippen LogP contribution < -0.4 is 10.3 Å². The van der Waals surface area contributed by atoms with Crippen LogP contribution in [0.1, 0.15) is 27.2 Å². The van der Waals surface area contributed by atoms with E-state index in [4.69, 9.17) is 9.47 Å². The molecule has 3 aromatic rings. The quantitative estimate of drug-likeness (QED) is 0.581. The summed E-state index contributed by atoms with van der Waals surface area (Å²) in [6.45, 7) is 2.26. The first-order valence-corrected chi connectivity index (χ1v) is 10.4. The molecule has 1 aliphatic rings. The van der Waals surface area contributed by atoms with Crippen molar-refractivity contribution in [1.82, 2.24) is 14.5 Å². The largest absolute Gasteiger partial charge is 0.497 e. The van der Waals surface area contributed by atoms with Gasteiger partial charge >= 0.3 is 0 Å². The molecule has 29 heavy (non-hydrogen) atoms. The molecule has 4 rings (SSSR count). The molecule has 8 heteroatoms. The van der Waals surface area contributed by atoms with Gasteiger partial charge in [-0.2, -0.15) is 0 Å². The van der Waals surface area contributed by atoms with E-state index in [1.54, 1.807) is 37.2 Å². The lowest BCUT2D eigenvalue weighted by Gasteiger charge is -2.27. The summed E-state index contributed by atoms with van der Waals surface area (Å²) in [6.07, 6.45) is 3.03. The second-order valence-electron chi connectivity index (χ2n) is 6.98. The maximum absolute atomic E-state index is 13.0. The highest BCUT2D eigenvalue weighted by atomic mass is 32.1. The Morgan fingerprint density at radius 3 is 2.97 bits per heavy atom. The van der Waals surface area contributed by atoms with E-state index in [0.29, 0.717) is 49.4 Å². The van der Waals surface area contributed by atoms with Gasteiger partial charge in [0.2, 0.25) is 0 Å². The number of methoxy groups -OCH3 is 2. The summed E-state index contributed by atoms with van der Waals surface area (Å²) in [4.78, 5) is 34.0. The number of amides is 1. The Kier molecular flexibility index (Phi) is 5.64. The van der Waals surface area contributed by atoms with Crippen molar-refractivity contribution in [2.24, 2.45) is 0 Å². The Bertz CT molecular complexity index is 1100. The highest BCUT2D eigenvalue weighted by molar-refractivity contribution is 7.18. The average molecular weight is 413 g/mol. The first-order chi connectivity index (χ1) is 14.1. The Hall–Kier alpha value is -2.71. The summed E-state index contributed by atoms with van der Waals surface area (Å²) in [7, 11) is 3.24. The van der Waals surface area contributed by atoms with Gasteiger partial charge in [-0.3, -0.25) is 14.2 Å². The molecule has 1 aromatic carbocycles. The van der Waals surface area contributed by atoms with Gasteiger partial charge in [-0.1, -0.05) is 6.07 Å². The van der Waals surface area contributed by atoms with E-state index in [0.717, 1.165) is 21.7 Å². The predicted molar refractivity (Wildman–Crippen MR) is 112 cm³/mol. The summed E-state index contributed by atoms with van der Waals surface area (Å²) in [5.74, 6) is 0.630. The van der Waals surface area contributed by atoms with Gasteiger partial charge in [0.05, 0.1) is 25.4 Å². The van der Waals surface area contributed by atoms with Gasteiger partial charge in [-0.25, -0.2) is 4.98 Å². The van der Waals surface area contributed by atoms with Crippen LogP contribution in [0.4, 0.5) is 0 Å². The highest BCUT2D eigenvalue weighted by Crippen LogP contribution is 2.33. The zero-order chi connectivity index (χ0) is 20.4. The number of fused-ring (bicyclic) bond motifs is 3. The van der Waals surface area contributed by atoms with Crippen molar-refractivity contribution in [2.75, 3.05) is 27.4 Å². The maximum Gasteiger partial charge on any atom is 0.262 e. The van der Waals surface area contributed by atoms with Crippen molar-refractivity contribution in [2.45, 2.75) is 25.9 Å². The van der Waals surface area contributed by atoms with E-state index in [2.05, 4.69) is 4.98 Å². The molecular formula is C21H23N3O4S. The molecule has 1 aliphatic heterocycles. The molecule has 0 fully saturated rings. The SMILES string of the molecule is COCCCn1cnc2sc3c(c2c1=O)CCN(C(=O)c1cccc(OC)c1)C3. The number of thiophene rings is 1. The minimum atomic E-state index is -0.0306. The Labute approximate surface area is 172 Å². The number of carbonyl (C=O) groups excluding carboxylic acids is 1. The lowest BCUT2D eigenvalue weighted by molar-refractivity contribution is 0.0737. The van der Waals surface area contributed by atoms with Crippen molar-refractivity contribution in [3.63, 3.8) is 0 Å². The lowest BCUT2D eigenvalue weighted by Crippen LogP contribution is -2.35. The predicted octanol–water partition coefficient (Wildman–Crippen LogP) is 2.70. The molecule has 0 N–H and O–H groups in total. The first-order valence-electron chi connectivity index (χ1n) is 9.54. The molecule has 0 spiro atoms. The van der Waals surface area contributed by atoms with Gasteiger partial charge in [0.15, 0.2) is 0 Å². The third-order valence-electron chi connectivity index (χ3n) is 5.18. The number of ether oxygens (including phenoxy) is 2. The lowest BCUT2D eigenvalue weighted by atomic mass is 10.0. The van der Waals surface area contributed by atoms with Crippen molar-refractivity contribution >= 4 is 27.5 Å². The van der Waals surface area contributed by atoms with E-state index in [-0.39, 0.29) is 11.5 Å². The molecule has 152 valence electrons. The van der Waals surface area contributed by atoms with Gasteiger partial charge in [0, 0.05) is 37.2 Å². The topological polar surface area (TPSA) is 73.7 Å².